The second kappa shape index (κ2) is 5.35. The largest absolute Gasteiger partial charge is 0.481 e. The van der Waals surface area contributed by atoms with Gasteiger partial charge in [-0.25, -0.2) is 4.98 Å². The van der Waals surface area contributed by atoms with Crippen LogP contribution in [-0.2, 0) is 6.54 Å². The summed E-state index contributed by atoms with van der Waals surface area (Å²) in [5.41, 5.74) is 1.72. The van der Waals surface area contributed by atoms with Gasteiger partial charge in [0.25, 0.3) is 5.91 Å². The van der Waals surface area contributed by atoms with Gasteiger partial charge in [-0.2, -0.15) is 0 Å². The third kappa shape index (κ3) is 2.68. The Bertz CT molecular complexity index is 531. The van der Waals surface area contributed by atoms with E-state index in [1.165, 1.54) is 6.26 Å². The van der Waals surface area contributed by atoms with Gasteiger partial charge >= 0.3 is 0 Å². The minimum absolute atomic E-state index is 0.228. The molecule has 0 atom stereocenters. The zero-order chi connectivity index (χ0) is 13.0. The van der Waals surface area contributed by atoms with Crippen molar-refractivity contribution < 1.29 is 13.9 Å². The van der Waals surface area contributed by atoms with Gasteiger partial charge in [0.05, 0.1) is 13.4 Å². The molecular weight excluding hydrogens is 232 g/mol. The molecule has 1 N–H and O–H groups in total. The summed E-state index contributed by atoms with van der Waals surface area (Å²) >= 11 is 0. The number of amides is 1. The molecule has 0 saturated heterocycles. The molecule has 2 aromatic heterocycles. The molecule has 2 rings (SSSR count). The summed E-state index contributed by atoms with van der Waals surface area (Å²) in [6.07, 6.45) is 3.16. The fourth-order valence-corrected chi connectivity index (χ4v) is 1.50. The molecule has 0 fully saturated rings. The molecule has 2 aromatic rings. The van der Waals surface area contributed by atoms with E-state index in [9.17, 15) is 4.79 Å². The molecule has 2 heterocycles. The number of hydrogen-bond donors (Lipinski definition) is 1. The molecule has 0 aliphatic heterocycles. The Kier molecular flexibility index (Phi) is 3.62. The highest BCUT2D eigenvalue weighted by Gasteiger charge is 2.11. The van der Waals surface area contributed by atoms with Gasteiger partial charge in [-0.3, -0.25) is 4.79 Å². The van der Waals surface area contributed by atoms with Crippen LogP contribution in [-0.4, -0.2) is 18.0 Å². The van der Waals surface area contributed by atoms with Crippen molar-refractivity contribution in [3.05, 3.63) is 47.5 Å². The fourth-order valence-electron chi connectivity index (χ4n) is 1.50. The van der Waals surface area contributed by atoms with Crippen molar-refractivity contribution in [2.24, 2.45) is 0 Å². The van der Waals surface area contributed by atoms with Gasteiger partial charge < -0.3 is 14.5 Å². The smallest absolute Gasteiger partial charge is 0.287 e. The van der Waals surface area contributed by atoms with Crippen LogP contribution in [0.3, 0.4) is 0 Å². The first kappa shape index (κ1) is 12.2. The molecule has 1 amide bonds. The van der Waals surface area contributed by atoms with Crippen molar-refractivity contribution >= 4 is 5.91 Å². The summed E-state index contributed by atoms with van der Waals surface area (Å²) in [5.74, 6) is 0.664. The minimum Gasteiger partial charge on any atom is -0.481 e. The SMILES string of the molecule is COc1ccc(CNC(=O)c2occc2C)cn1. The molecule has 18 heavy (non-hydrogen) atoms. The Morgan fingerprint density at radius 3 is 2.83 bits per heavy atom. The van der Waals surface area contributed by atoms with Crippen molar-refractivity contribution in [3.63, 3.8) is 0 Å². The number of pyridine rings is 1. The van der Waals surface area contributed by atoms with Gasteiger partial charge in [-0.1, -0.05) is 6.07 Å². The van der Waals surface area contributed by atoms with Gasteiger partial charge in [0.15, 0.2) is 5.76 Å². The number of aryl methyl sites for hydroxylation is 1. The Morgan fingerprint density at radius 1 is 1.44 bits per heavy atom. The van der Waals surface area contributed by atoms with E-state index in [0.717, 1.165) is 11.1 Å². The van der Waals surface area contributed by atoms with Gasteiger partial charge in [0.2, 0.25) is 5.88 Å². The summed E-state index contributed by atoms with van der Waals surface area (Å²) in [5, 5.41) is 2.77. The van der Waals surface area contributed by atoms with Gasteiger partial charge in [-0.15, -0.1) is 0 Å². The lowest BCUT2D eigenvalue weighted by molar-refractivity contribution is 0.0922. The van der Waals surface area contributed by atoms with Crippen LogP contribution in [0.25, 0.3) is 0 Å². The molecule has 0 aromatic carbocycles. The first-order valence-corrected chi connectivity index (χ1v) is 5.52. The van der Waals surface area contributed by atoms with E-state index < -0.39 is 0 Å². The topological polar surface area (TPSA) is 64.4 Å². The fraction of sp³-hybridized carbons (Fsp3) is 0.231. The summed E-state index contributed by atoms with van der Waals surface area (Å²) in [6, 6.07) is 5.35. The number of rotatable bonds is 4. The molecule has 0 aliphatic carbocycles. The summed E-state index contributed by atoms with van der Waals surface area (Å²) in [4.78, 5) is 15.8. The molecule has 5 nitrogen and oxygen atoms in total. The van der Waals surface area contributed by atoms with E-state index in [0.29, 0.717) is 18.2 Å². The number of furan rings is 1. The third-order valence-corrected chi connectivity index (χ3v) is 2.53. The monoisotopic (exact) mass is 246 g/mol. The Morgan fingerprint density at radius 2 is 2.28 bits per heavy atom. The van der Waals surface area contributed by atoms with E-state index in [1.54, 1.807) is 25.4 Å². The molecule has 0 aliphatic rings. The number of aromatic nitrogens is 1. The quantitative estimate of drug-likeness (QED) is 0.895. The van der Waals surface area contributed by atoms with Crippen molar-refractivity contribution in [1.82, 2.24) is 10.3 Å². The molecule has 94 valence electrons. The summed E-state index contributed by atoms with van der Waals surface area (Å²) < 4.78 is 10.1. The molecule has 0 unspecified atom stereocenters. The van der Waals surface area contributed by atoms with Crippen molar-refractivity contribution in [2.75, 3.05) is 7.11 Å². The second-order valence-electron chi connectivity index (χ2n) is 3.82. The van der Waals surface area contributed by atoms with Crippen molar-refractivity contribution in [3.8, 4) is 5.88 Å². The maximum atomic E-state index is 11.8. The van der Waals surface area contributed by atoms with Crippen molar-refractivity contribution in [1.29, 1.82) is 0 Å². The van der Waals surface area contributed by atoms with Crippen LogP contribution in [0.15, 0.2) is 35.1 Å². The Labute approximate surface area is 105 Å². The minimum atomic E-state index is -0.228. The lowest BCUT2D eigenvalue weighted by Gasteiger charge is -2.04. The van der Waals surface area contributed by atoms with Gasteiger partial charge in [0.1, 0.15) is 0 Å². The number of nitrogens with zero attached hydrogens (tertiary/aromatic N) is 1. The predicted molar refractivity (Wildman–Crippen MR) is 65.4 cm³/mol. The van der Waals surface area contributed by atoms with E-state index in [-0.39, 0.29) is 5.91 Å². The van der Waals surface area contributed by atoms with Crippen LogP contribution < -0.4 is 10.1 Å². The second-order valence-corrected chi connectivity index (χ2v) is 3.82. The standard InChI is InChI=1S/C13H14N2O3/c1-9-5-6-18-12(9)13(16)15-8-10-3-4-11(17-2)14-7-10/h3-7H,8H2,1-2H3,(H,15,16). The zero-order valence-corrected chi connectivity index (χ0v) is 10.3. The predicted octanol–water partition coefficient (Wildman–Crippen LogP) is 1.92. The highest BCUT2D eigenvalue weighted by Crippen LogP contribution is 2.09. The first-order chi connectivity index (χ1) is 8.70. The van der Waals surface area contributed by atoms with Crippen LogP contribution in [0.4, 0.5) is 0 Å². The van der Waals surface area contributed by atoms with Gasteiger partial charge in [-0.05, 0) is 18.6 Å². The molecule has 0 saturated carbocycles. The maximum Gasteiger partial charge on any atom is 0.287 e. The number of ether oxygens (including phenoxy) is 1. The number of hydrogen-bond acceptors (Lipinski definition) is 4. The van der Waals surface area contributed by atoms with Crippen LogP contribution in [0.1, 0.15) is 21.7 Å². The molecule has 0 spiro atoms. The number of carbonyl (C=O) groups excluding carboxylic acids is 1. The number of nitrogens with one attached hydrogen (secondary N) is 1. The lowest BCUT2D eigenvalue weighted by atomic mass is 10.2. The van der Waals surface area contributed by atoms with E-state index in [1.807, 2.05) is 13.0 Å². The maximum absolute atomic E-state index is 11.8. The highest BCUT2D eigenvalue weighted by molar-refractivity contribution is 5.92. The number of carbonyl (C=O) groups is 1. The molecule has 0 bridgehead atoms. The number of methoxy groups -OCH3 is 1. The summed E-state index contributed by atoms with van der Waals surface area (Å²) in [6.45, 7) is 2.23. The molecular formula is C13H14N2O3. The molecule has 0 radical (unpaired) electrons. The van der Waals surface area contributed by atoms with Crippen molar-refractivity contribution in [2.45, 2.75) is 13.5 Å². The third-order valence-electron chi connectivity index (χ3n) is 2.53. The van der Waals surface area contributed by atoms with E-state index >= 15 is 0 Å². The zero-order valence-electron chi connectivity index (χ0n) is 10.3. The average Bonchev–Trinajstić information content (AvgIpc) is 2.83. The average molecular weight is 246 g/mol. The molecule has 5 heteroatoms. The van der Waals surface area contributed by atoms with Crippen LogP contribution in [0, 0.1) is 6.92 Å². The van der Waals surface area contributed by atoms with Gasteiger partial charge in [0, 0.05) is 24.4 Å². The van der Waals surface area contributed by atoms with Crippen LogP contribution in [0.2, 0.25) is 0 Å². The lowest BCUT2D eigenvalue weighted by Crippen LogP contribution is -2.23. The van der Waals surface area contributed by atoms with Crippen LogP contribution >= 0.6 is 0 Å². The van der Waals surface area contributed by atoms with E-state index in [2.05, 4.69) is 10.3 Å². The first-order valence-electron chi connectivity index (χ1n) is 5.52. The summed E-state index contributed by atoms with van der Waals surface area (Å²) in [7, 11) is 1.56. The van der Waals surface area contributed by atoms with E-state index in [4.69, 9.17) is 9.15 Å². The highest BCUT2D eigenvalue weighted by atomic mass is 16.5. The normalized spacial score (nSPS) is 10.1. The Balaban J connectivity index is 1.95. The van der Waals surface area contributed by atoms with Crippen LogP contribution in [0.5, 0.6) is 5.88 Å². The Hall–Kier alpha value is -2.30.